The predicted octanol–water partition coefficient (Wildman–Crippen LogP) is 6.32. The van der Waals surface area contributed by atoms with E-state index in [1.807, 2.05) is 42.2 Å². The number of thiophene rings is 1. The average Bonchev–Trinajstić information content (AvgIpc) is 3.06. The first-order valence-electron chi connectivity index (χ1n) is 9.32. The molecule has 2 aromatic carbocycles. The first-order valence-corrected chi connectivity index (χ1v) is 11.7. The van der Waals surface area contributed by atoms with Crippen LogP contribution >= 0.6 is 58.4 Å². The van der Waals surface area contributed by atoms with Gasteiger partial charge in [-0.3, -0.25) is 4.79 Å². The molecule has 1 aromatic heterocycles. The summed E-state index contributed by atoms with van der Waals surface area (Å²) in [4.78, 5) is 17.5. The van der Waals surface area contributed by atoms with Crippen molar-refractivity contribution in [3.63, 3.8) is 0 Å². The first-order chi connectivity index (χ1) is 14.3. The van der Waals surface area contributed by atoms with E-state index in [1.165, 1.54) is 11.3 Å². The maximum atomic E-state index is 13.1. The van der Waals surface area contributed by atoms with Gasteiger partial charge in [-0.25, -0.2) is 0 Å². The monoisotopic (exact) mass is 497 g/mol. The third-order valence-electron chi connectivity index (χ3n) is 5.08. The van der Waals surface area contributed by atoms with Crippen LogP contribution in [0.15, 0.2) is 36.4 Å². The topological polar surface area (TPSA) is 35.6 Å². The number of piperazine rings is 1. The van der Waals surface area contributed by atoms with E-state index >= 15 is 0 Å². The summed E-state index contributed by atoms with van der Waals surface area (Å²) in [5.74, 6) is -0.0541. The van der Waals surface area contributed by atoms with Crippen molar-refractivity contribution < 1.29 is 4.79 Å². The Morgan fingerprint density at radius 1 is 1.00 bits per heavy atom. The van der Waals surface area contributed by atoms with Gasteiger partial charge in [0.05, 0.1) is 5.02 Å². The number of hydrogen-bond acceptors (Lipinski definition) is 3. The van der Waals surface area contributed by atoms with Crippen LogP contribution in [0, 0.1) is 6.92 Å². The predicted molar refractivity (Wildman–Crippen MR) is 132 cm³/mol. The van der Waals surface area contributed by atoms with Crippen molar-refractivity contribution in [3.05, 3.63) is 61.9 Å². The van der Waals surface area contributed by atoms with Gasteiger partial charge in [0.15, 0.2) is 5.11 Å². The summed E-state index contributed by atoms with van der Waals surface area (Å²) in [6.45, 7) is 4.43. The van der Waals surface area contributed by atoms with E-state index in [-0.39, 0.29) is 5.91 Å². The van der Waals surface area contributed by atoms with E-state index in [0.717, 1.165) is 21.3 Å². The Hall–Kier alpha value is -1.57. The van der Waals surface area contributed by atoms with Crippen LogP contribution in [0.2, 0.25) is 15.1 Å². The van der Waals surface area contributed by atoms with Crippen LogP contribution in [0.4, 0.5) is 5.69 Å². The summed E-state index contributed by atoms with van der Waals surface area (Å²) >= 11 is 25.6. The lowest BCUT2D eigenvalue weighted by atomic mass is 10.2. The van der Waals surface area contributed by atoms with Gasteiger partial charge < -0.3 is 15.1 Å². The largest absolute Gasteiger partial charge is 0.345 e. The van der Waals surface area contributed by atoms with Crippen LogP contribution < -0.4 is 5.32 Å². The van der Waals surface area contributed by atoms with Crippen molar-refractivity contribution in [2.24, 2.45) is 0 Å². The van der Waals surface area contributed by atoms with E-state index < -0.39 is 0 Å². The molecule has 0 radical (unpaired) electrons. The number of rotatable bonds is 2. The normalized spacial score (nSPS) is 14.3. The molecule has 4 rings (SSSR count). The third-order valence-corrected chi connectivity index (χ3v) is 7.56. The number of amides is 1. The lowest BCUT2D eigenvalue weighted by Gasteiger charge is -2.36. The molecule has 30 heavy (non-hydrogen) atoms. The molecule has 0 spiro atoms. The highest BCUT2D eigenvalue weighted by atomic mass is 35.5. The van der Waals surface area contributed by atoms with Crippen LogP contribution in [0.25, 0.3) is 10.1 Å². The number of halogens is 3. The highest BCUT2D eigenvalue weighted by molar-refractivity contribution is 7.80. The number of benzene rings is 2. The van der Waals surface area contributed by atoms with Gasteiger partial charge in [-0.15, -0.1) is 11.3 Å². The van der Waals surface area contributed by atoms with Crippen LogP contribution in [0.1, 0.15) is 15.2 Å². The molecule has 0 aliphatic carbocycles. The maximum absolute atomic E-state index is 13.1. The Bertz CT molecular complexity index is 1140. The number of thiocarbonyl (C=S) groups is 1. The van der Waals surface area contributed by atoms with Crippen LogP contribution in [-0.4, -0.2) is 47.0 Å². The number of anilines is 1. The minimum Gasteiger partial charge on any atom is -0.345 e. The van der Waals surface area contributed by atoms with Gasteiger partial charge in [-0.2, -0.15) is 0 Å². The Balaban J connectivity index is 1.42. The second kappa shape index (κ2) is 8.89. The van der Waals surface area contributed by atoms with E-state index in [9.17, 15) is 4.79 Å². The Kier molecular flexibility index (Phi) is 6.42. The molecule has 4 nitrogen and oxygen atoms in total. The Labute approximate surface area is 199 Å². The molecular formula is C21H18Cl3N3OS2. The van der Waals surface area contributed by atoms with E-state index in [2.05, 4.69) is 10.2 Å². The SMILES string of the molecule is Cc1ccc(Cl)cc1NC(=S)N1CCN(C(=O)c2sc3cc(Cl)ccc3c2Cl)CC1. The average molecular weight is 499 g/mol. The fraction of sp³-hybridized carbons (Fsp3) is 0.238. The summed E-state index contributed by atoms with van der Waals surface area (Å²) in [6, 6.07) is 11.1. The molecular weight excluding hydrogens is 481 g/mol. The van der Waals surface area contributed by atoms with Crippen LogP contribution in [-0.2, 0) is 0 Å². The van der Waals surface area contributed by atoms with E-state index in [1.54, 1.807) is 6.07 Å². The molecule has 2 heterocycles. The zero-order chi connectivity index (χ0) is 21.4. The minimum absolute atomic E-state index is 0.0541. The molecule has 1 aliphatic heterocycles. The zero-order valence-corrected chi connectivity index (χ0v) is 19.9. The zero-order valence-electron chi connectivity index (χ0n) is 16.0. The molecule has 1 amide bonds. The molecule has 3 aromatic rings. The Morgan fingerprint density at radius 3 is 2.37 bits per heavy atom. The number of nitrogens with zero attached hydrogens (tertiary/aromatic N) is 2. The molecule has 0 unspecified atom stereocenters. The summed E-state index contributed by atoms with van der Waals surface area (Å²) in [5.41, 5.74) is 1.96. The summed E-state index contributed by atoms with van der Waals surface area (Å²) in [5, 5.41) is 6.53. The summed E-state index contributed by atoms with van der Waals surface area (Å²) < 4.78 is 0.914. The molecule has 1 fully saturated rings. The van der Waals surface area contributed by atoms with Gasteiger partial charge >= 0.3 is 0 Å². The van der Waals surface area contributed by atoms with Gasteiger partial charge in [0.1, 0.15) is 4.88 Å². The van der Waals surface area contributed by atoms with E-state index in [4.69, 9.17) is 47.0 Å². The number of aryl methyl sites for hydroxylation is 1. The standard InChI is InChI=1S/C21H18Cl3N3OS2/c1-12-2-3-13(22)10-16(12)25-21(29)27-8-6-26(7-9-27)20(28)19-18(24)15-5-4-14(23)11-17(15)30-19/h2-5,10-11H,6-9H2,1H3,(H,25,29). The highest BCUT2D eigenvalue weighted by Gasteiger charge is 2.27. The smallest absolute Gasteiger partial charge is 0.265 e. The van der Waals surface area contributed by atoms with Crippen molar-refractivity contribution in [1.29, 1.82) is 0 Å². The number of nitrogens with one attached hydrogen (secondary N) is 1. The van der Waals surface area contributed by atoms with Crippen molar-refractivity contribution in [2.45, 2.75) is 6.92 Å². The number of hydrogen-bond donors (Lipinski definition) is 1. The lowest BCUT2D eigenvalue weighted by molar-refractivity contribution is 0.0698. The lowest BCUT2D eigenvalue weighted by Crippen LogP contribution is -2.51. The molecule has 1 N–H and O–H groups in total. The minimum atomic E-state index is -0.0541. The summed E-state index contributed by atoms with van der Waals surface area (Å²) in [7, 11) is 0. The van der Waals surface area contributed by atoms with Crippen LogP contribution in [0.3, 0.4) is 0 Å². The Morgan fingerprint density at radius 2 is 1.63 bits per heavy atom. The highest BCUT2D eigenvalue weighted by Crippen LogP contribution is 2.37. The maximum Gasteiger partial charge on any atom is 0.265 e. The third kappa shape index (κ3) is 4.39. The molecule has 0 saturated carbocycles. The first kappa shape index (κ1) is 21.7. The van der Waals surface area contributed by atoms with Gasteiger partial charge in [0, 0.05) is 52.0 Å². The van der Waals surface area contributed by atoms with Gasteiger partial charge in [-0.1, -0.05) is 46.9 Å². The number of carbonyl (C=O) groups excluding carboxylic acids is 1. The van der Waals surface area contributed by atoms with Crippen molar-refractivity contribution in [3.8, 4) is 0 Å². The van der Waals surface area contributed by atoms with Crippen LogP contribution in [0.5, 0.6) is 0 Å². The van der Waals surface area contributed by atoms with E-state index in [0.29, 0.717) is 51.2 Å². The number of carbonyl (C=O) groups is 1. The molecule has 1 saturated heterocycles. The summed E-state index contributed by atoms with van der Waals surface area (Å²) in [6.07, 6.45) is 0. The molecule has 0 atom stereocenters. The van der Waals surface area contributed by atoms with Crippen molar-refractivity contribution >= 4 is 85.2 Å². The van der Waals surface area contributed by atoms with Gasteiger partial charge in [0.25, 0.3) is 5.91 Å². The second-order valence-electron chi connectivity index (χ2n) is 7.05. The molecule has 1 aliphatic rings. The fourth-order valence-electron chi connectivity index (χ4n) is 3.36. The van der Waals surface area contributed by atoms with Crippen molar-refractivity contribution in [1.82, 2.24) is 9.80 Å². The van der Waals surface area contributed by atoms with Crippen molar-refractivity contribution in [2.75, 3.05) is 31.5 Å². The van der Waals surface area contributed by atoms with Gasteiger partial charge in [-0.05, 0) is 49.0 Å². The second-order valence-corrected chi connectivity index (χ2v) is 9.74. The quantitative estimate of drug-likeness (QED) is 0.419. The fourth-order valence-corrected chi connectivity index (χ4v) is 5.58. The number of fused-ring (bicyclic) bond motifs is 1. The van der Waals surface area contributed by atoms with Gasteiger partial charge in [0.2, 0.25) is 0 Å². The molecule has 9 heteroatoms. The molecule has 0 bridgehead atoms. The molecule has 156 valence electrons.